The first-order valence-electron chi connectivity index (χ1n) is 7.04. The van der Waals surface area contributed by atoms with Gasteiger partial charge in [-0.15, -0.1) is 0 Å². The Balaban J connectivity index is 2.27. The Morgan fingerprint density at radius 3 is 2.62 bits per heavy atom. The van der Waals surface area contributed by atoms with Gasteiger partial charge in [-0.1, -0.05) is 43.3 Å². The van der Waals surface area contributed by atoms with Crippen molar-refractivity contribution < 1.29 is 4.39 Å². The number of aromatic nitrogens is 1. The van der Waals surface area contributed by atoms with E-state index < -0.39 is 5.54 Å². The molecule has 0 bridgehead atoms. The zero-order chi connectivity index (χ0) is 14.9. The number of hydrogen-bond acceptors (Lipinski definition) is 2. The summed E-state index contributed by atoms with van der Waals surface area (Å²) in [6.45, 7) is 2.01. The van der Waals surface area contributed by atoms with Crippen LogP contribution in [0.1, 0.15) is 24.5 Å². The SMILES string of the molecule is CCC(N)(c1cccc(F)c1)c1cccc2cccnc12. The summed E-state index contributed by atoms with van der Waals surface area (Å²) in [4.78, 5) is 4.47. The number of hydrogen-bond donors (Lipinski definition) is 1. The molecule has 0 aliphatic heterocycles. The van der Waals surface area contributed by atoms with Crippen LogP contribution in [-0.2, 0) is 5.54 Å². The van der Waals surface area contributed by atoms with Gasteiger partial charge in [-0.3, -0.25) is 4.98 Å². The fourth-order valence-electron chi connectivity index (χ4n) is 2.78. The van der Waals surface area contributed by atoms with Gasteiger partial charge in [0.2, 0.25) is 0 Å². The van der Waals surface area contributed by atoms with E-state index in [0.717, 1.165) is 22.0 Å². The topological polar surface area (TPSA) is 38.9 Å². The molecule has 0 radical (unpaired) electrons. The van der Waals surface area contributed by atoms with Crippen LogP contribution in [0.4, 0.5) is 4.39 Å². The minimum atomic E-state index is -0.754. The molecule has 0 spiro atoms. The Morgan fingerprint density at radius 1 is 1.10 bits per heavy atom. The first-order chi connectivity index (χ1) is 10.1. The standard InChI is InChI=1S/C18H17FN2/c1-2-18(20,14-8-4-9-15(19)12-14)16-10-3-6-13-7-5-11-21-17(13)16/h3-12H,2,20H2,1H3. The minimum absolute atomic E-state index is 0.274. The zero-order valence-electron chi connectivity index (χ0n) is 11.9. The van der Waals surface area contributed by atoms with Crippen molar-refractivity contribution in [2.24, 2.45) is 5.73 Å². The number of rotatable bonds is 3. The Hall–Kier alpha value is -2.26. The van der Waals surface area contributed by atoms with Crippen LogP contribution < -0.4 is 5.73 Å². The number of para-hydroxylation sites is 1. The Labute approximate surface area is 123 Å². The fourth-order valence-corrected chi connectivity index (χ4v) is 2.78. The summed E-state index contributed by atoms with van der Waals surface area (Å²) in [7, 11) is 0. The van der Waals surface area contributed by atoms with Gasteiger partial charge in [0.15, 0.2) is 0 Å². The van der Waals surface area contributed by atoms with Gasteiger partial charge in [0, 0.05) is 17.1 Å². The number of pyridine rings is 1. The second-order valence-electron chi connectivity index (χ2n) is 5.22. The molecule has 0 aliphatic rings. The van der Waals surface area contributed by atoms with E-state index in [2.05, 4.69) is 4.98 Å². The second-order valence-corrected chi connectivity index (χ2v) is 5.22. The van der Waals surface area contributed by atoms with Crippen molar-refractivity contribution in [1.29, 1.82) is 0 Å². The molecule has 3 aromatic rings. The quantitative estimate of drug-likeness (QED) is 0.788. The van der Waals surface area contributed by atoms with Crippen LogP contribution in [0.15, 0.2) is 60.8 Å². The van der Waals surface area contributed by atoms with E-state index in [4.69, 9.17) is 5.73 Å². The van der Waals surface area contributed by atoms with E-state index in [0.29, 0.717) is 6.42 Å². The second kappa shape index (κ2) is 5.26. The molecule has 2 nitrogen and oxygen atoms in total. The molecule has 1 atom stereocenters. The molecule has 1 aromatic heterocycles. The van der Waals surface area contributed by atoms with E-state index >= 15 is 0 Å². The van der Waals surface area contributed by atoms with E-state index in [9.17, 15) is 4.39 Å². The third kappa shape index (κ3) is 2.30. The smallest absolute Gasteiger partial charge is 0.123 e. The highest BCUT2D eigenvalue weighted by atomic mass is 19.1. The number of fused-ring (bicyclic) bond motifs is 1. The van der Waals surface area contributed by atoms with Crippen molar-refractivity contribution in [3.63, 3.8) is 0 Å². The highest BCUT2D eigenvalue weighted by molar-refractivity contribution is 5.83. The van der Waals surface area contributed by atoms with Crippen LogP contribution >= 0.6 is 0 Å². The van der Waals surface area contributed by atoms with Crippen LogP contribution in [0.5, 0.6) is 0 Å². The summed E-state index contributed by atoms with van der Waals surface area (Å²) in [5.74, 6) is -0.274. The van der Waals surface area contributed by atoms with Crippen molar-refractivity contribution in [3.8, 4) is 0 Å². The maximum Gasteiger partial charge on any atom is 0.123 e. The van der Waals surface area contributed by atoms with Crippen molar-refractivity contribution >= 4 is 10.9 Å². The first kappa shape index (κ1) is 13.7. The summed E-state index contributed by atoms with van der Waals surface area (Å²) in [6, 6.07) is 16.4. The molecule has 1 heterocycles. The molecule has 0 saturated carbocycles. The van der Waals surface area contributed by atoms with Crippen LogP contribution in [0.2, 0.25) is 0 Å². The molecule has 0 fully saturated rings. The van der Waals surface area contributed by atoms with E-state index in [1.165, 1.54) is 12.1 Å². The molecular weight excluding hydrogens is 263 g/mol. The fraction of sp³-hybridized carbons (Fsp3) is 0.167. The molecule has 106 valence electrons. The summed E-state index contributed by atoms with van der Waals surface area (Å²) >= 11 is 0. The normalized spacial score (nSPS) is 14.0. The van der Waals surface area contributed by atoms with Crippen molar-refractivity contribution in [2.45, 2.75) is 18.9 Å². The lowest BCUT2D eigenvalue weighted by Gasteiger charge is -2.30. The highest BCUT2D eigenvalue weighted by Crippen LogP contribution is 2.34. The molecule has 0 amide bonds. The number of nitrogens with two attached hydrogens (primary N) is 1. The van der Waals surface area contributed by atoms with Gasteiger partial charge in [0.05, 0.1) is 11.1 Å². The van der Waals surface area contributed by atoms with Gasteiger partial charge < -0.3 is 5.73 Å². The third-order valence-corrected chi connectivity index (χ3v) is 4.01. The number of halogens is 1. The Bertz CT molecular complexity index is 780. The monoisotopic (exact) mass is 280 g/mol. The van der Waals surface area contributed by atoms with Crippen molar-refractivity contribution in [1.82, 2.24) is 4.98 Å². The van der Waals surface area contributed by atoms with Crippen LogP contribution in [0, 0.1) is 5.82 Å². The zero-order valence-corrected chi connectivity index (χ0v) is 11.9. The molecule has 2 N–H and O–H groups in total. The van der Waals surface area contributed by atoms with Crippen LogP contribution in [0.3, 0.4) is 0 Å². The average Bonchev–Trinajstić information content (AvgIpc) is 2.53. The Kier molecular flexibility index (Phi) is 3.43. The summed E-state index contributed by atoms with van der Waals surface area (Å²) in [5.41, 5.74) is 8.47. The molecule has 3 rings (SSSR count). The number of benzene rings is 2. The summed E-state index contributed by atoms with van der Waals surface area (Å²) in [6.07, 6.45) is 2.42. The van der Waals surface area contributed by atoms with Gasteiger partial charge in [-0.2, -0.15) is 0 Å². The lowest BCUT2D eigenvalue weighted by molar-refractivity contribution is 0.516. The van der Waals surface area contributed by atoms with Gasteiger partial charge in [0.25, 0.3) is 0 Å². The highest BCUT2D eigenvalue weighted by Gasteiger charge is 2.30. The van der Waals surface area contributed by atoms with Gasteiger partial charge >= 0.3 is 0 Å². The lowest BCUT2D eigenvalue weighted by Crippen LogP contribution is -2.37. The van der Waals surface area contributed by atoms with Crippen molar-refractivity contribution in [2.75, 3.05) is 0 Å². The molecule has 2 aromatic carbocycles. The maximum absolute atomic E-state index is 13.6. The van der Waals surface area contributed by atoms with Crippen LogP contribution in [0.25, 0.3) is 10.9 Å². The van der Waals surface area contributed by atoms with Crippen LogP contribution in [-0.4, -0.2) is 4.98 Å². The van der Waals surface area contributed by atoms with E-state index in [1.807, 2.05) is 43.3 Å². The Morgan fingerprint density at radius 2 is 1.86 bits per heavy atom. The molecule has 1 unspecified atom stereocenters. The molecular formula is C18H17FN2. The van der Waals surface area contributed by atoms with E-state index in [-0.39, 0.29) is 5.82 Å². The van der Waals surface area contributed by atoms with E-state index in [1.54, 1.807) is 12.3 Å². The first-order valence-corrected chi connectivity index (χ1v) is 7.04. The minimum Gasteiger partial charge on any atom is -0.318 e. The predicted octanol–water partition coefficient (Wildman–Crippen LogP) is 3.99. The molecule has 0 saturated heterocycles. The third-order valence-electron chi connectivity index (χ3n) is 4.01. The predicted molar refractivity (Wildman–Crippen MR) is 83.4 cm³/mol. The molecule has 0 aliphatic carbocycles. The lowest BCUT2D eigenvalue weighted by atomic mass is 9.80. The summed E-state index contributed by atoms with van der Waals surface area (Å²) < 4.78 is 13.6. The van der Waals surface area contributed by atoms with Crippen molar-refractivity contribution in [3.05, 3.63) is 77.7 Å². The van der Waals surface area contributed by atoms with Gasteiger partial charge in [0.1, 0.15) is 5.82 Å². The molecule has 3 heteroatoms. The average molecular weight is 280 g/mol. The largest absolute Gasteiger partial charge is 0.318 e. The summed E-state index contributed by atoms with van der Waals surface area (Å²) in [5, 5.41) is 1.04. The molecule has 21 heavy (non-hydrogen) atoms. The van der Waals surface area contributed by atoms with Gasteiger partial charge in [-0.25, -0.2) is 4.39 Å². The number of nitrogens with zero attached hydrogens (tertiary/aromatic N) is 1. The maximum atomic E-state index is 13.6. The van der Waals surface area contributed by atoms with Gasteiger partial charge in [-0.05, 0) is 30.2 Å².